The van der Waals surface area contributed by atoms with Gasteiger partial charge in [-0.2, -0.15) is 10.5 Å². The van der Waals surface area contributed by atoms with Crippen LogP contribution in [0.5, 0.6) is 0 Å². The van der Waals surface area contributed by atoms with Crippen molar-refractivity contribution in [2.45, 2.75) is 25.8 Å². The van der Waals surface area contributed by atoms with Crippen LogP contribution in [0.3, 0.4) is 0 Å². The van der Waals surface area contributed by atoms with E-state index >= 15 is 0 Å². The van der Waals surface area contributed by atoms with Crippen molar-refractivity contribution in [2.24, 2.45) is 0 Å². The normalized spacial score (nSPS) is 10.8. The molecule has 1 rings (SSSR count). The van der Waals surface area contributed by atoms with Crippen LogP contribution in [0.1, 0.15) is 19.3 Å². The van der Waals surface area contributed by atoms with Crippen LogP contribution >= 0.6 is 11.3 Å². The predicted molar refractivity (Wildman–Crippen MR) is 76.4 cm³/mol. The topological polar surface area (TPSA) is 112 Å². The molecule has 7 nitrogen and oxygen atoms in total. The molecule has 1 heterocycles. The number of thiazole rings is 1. The number of hydrogen-bond acceptors (Lipinski definition) is 7. The zero-order valence-electron chi connectivity index (χ0n) is 11.4. The molecule has 0 atom stereocenters. The predicted octanol–water partition coefficient (Wildman–Crippen LogP) is 0.605. The zero-order valence-corrected chi connectivity index (χ0v) is 13.1. The van der Waals surface area contributed by atoms with E-state index in [9.17, 15) is 13.0 Å². The lowest BCUT2D eigenvalue weighted by Gasteiger charge is -2.14. The summed E-state index contributed by atoms with van der Waals surface area (Å²) in [6.45, 7) is 1.44. The van der Waals surface area contributed by atoms with Crippen molar-refractivity contribution in [2.75, 3.05) is 23.7 Å². The van der Waals surface area contributed by atoms with Gasteiger partial charge in [0.25, 0.3) is 0 Å². The third kappa shape index (κ3) is 6.54. The Kier molecular flexibility index (Phi) is 7.09. The third-order valence-electron chi connectivity index (χ3n) is 2.71. The van der Waals surface area contributed by atoms with Crippen molar-refractivity contribution in [1.29, 1.82) is 10.5 Å². The molecular formula is C12H16N4O3S2. The minimum Gasteiger partial charge on any atom is -0.748 e. The Balaban J connectivity index is 2.73. The molecule has 21 heavy (non-hydrogen) atoms. The van der Waals surface area contributed by atoms with Gasteiger partial charge in [0, 0.05) is 11.1 Å². The van der Waals surface area contributed by atoms with Crippen molar-refractivity contribution in [3.8, 4) is 12.1 Å². The maximum Gasteiger partial charge on any atom is 0.335 e. The molecule has 0 aromatic carbocycles. The molecule has 0 aliphatic heterocycles. The lowest BCUT2D eigenvalue weighted by Crippen LogP contribution is -2.41. The molecule has 0 aliphatic rings. The van der Waals surface area contributed by atoms with Crippen LogP contribution in [0.4, 0.5) is 5.13 Å². The van der Waals surface area contributed by atoms with Crippen LogP contribution in [-0.4, -0.2) is 31.8 Å². The monoisotopic (exact) mass is 328 g/mol. The van der Waals surface area contributed by atoms with Gasteiger partial charge in [-0.3, -0.25) is 4.90 Å². The highest BCUT2D eigenvalue weighted by atomic mass is 32.2. The van der Waals surface area contributed by atoms with E-state index in [4.69, 9.17) is 10.5 Å². The number of nitriles is 2. The second-order valence-electron chi connectivity index (χ2n) is 4.30. The van der Waals surface area contributed by atoms with Gasteiger partial charge in [-0.1, -0.05) is 11.3 Å². The zero-order chi connectivity index (χ0) is 15.7. The summed E-state index contributed by atoms with van der Waals surface area (Å²) in [6, 6.07) is 4.14. The summed E-state index contributed by atoms with van der Waals surface area (Å²) in [5.41, 5.74) is 0. The van der Waals surface area contributed by atoms with Gasteiger partial charge >= 0.3 is 5.13 Å². The number of nitrogens with zero attached hydrogens (tertiary/aromatic N) is 4. The van der Waals surface area contributed by atoms with E-state index in [1.54, 1.807) is 0 Å². The molecule has 0 fully saturated rings. The Morgan fingerprint density at radius 2 is 1.90 bits per heavy atom. The number of hydrogen-bond donors (Lipinski definition) is 0. The molecule has 114 valence electrons. The molecule has 0 saturated carbocycles. The molecule has 0 amide bonds. The molecule has 0 saturated heterocycles. The van der Waals surface area contributed by atoms with Gasteiger partial charge in [0.2, 0.25) is 0 Å². The average Bonchev–Trinajstić information content (AvgIpc) is 2.86. The quantitative estimate of drug-likeness (QED) is 0.485. The Morgan fingerprint density at radius 3 is 2.43 bits per heavy atom. The molecule has 0 N–H and O–H groups in total. The maximum absolute atomic E-state index is 10.6. The summed E-state index contributed by atoms with van der Waals surface area (Å²) in [7, 11) is -4.20. The second-order valence-corrected chi connectivity index (χ2v) is 6.69. The highest BCUT2D eigenvalue weighted by Crippen LogP contribution is 2.16. The molecule has 0 radical (unpaired) electrons. The van der Waals surface area contributed by atoms with Crippen molar-refractivity contribution in [3.05, 3.63) is 11.6 Å². The number of anilines is 1. The molecule has 0 bridgehead atoms. The van der Waals surface area contributed by atoms with Gasteiger partial charge in [-0.05, 0) is 6.42 Å². The molecular weight excluding hydrogens is 312 g/mol. The van der Waals surface area contributed by atoms with Crippen molar-refractivity contribution in [1.82, 2.24) is 0 Å². The van der Waals surface area contributed by atoms with E-state index in [-0.39, 0.29) is 6.42 Å². The van der Waals surface area contributed by atoms with E-state index in [2.05, 4.69) is 12.1 Å². The van der Waals surface area contributed by atoms with Gasteiger partial charge < -0.3 is 4.55 Å². The van der Waals surface area contributed by atoms with Crippen LogP contribution in [0, 0.1) is 22.7 Å². The third-order valence-corrected chi connectivity index (χ3v) is 4.46. The van der Waals surface area contributed by atoms with Crippen LogP contribution in [-0.2, 0) is 16.7 Å². The second kappa shape index (κ2) is 8.57. The first kappa shape index (κ1) is 17.4. The van der Waals surface area contributed by atoms with E-state index in [1.807, 2.05) is 21.0 Å². The molecule has 0 aliphatic carbocycles. The highest BCUT2D eigenvalue weighted by Gasteiger charge is 2.20. The Hall–Kier alpha value is -1.68. The summed E-state index contributed by atoms with van der Waals surface area (Å²) in [5.74, 6) is -0.397. The standard InChI is InChI=1S/C12H16N4O3S2/c13-4-1-6-15(7-2-5-14)12-16(9-10-20-12)8-3-11-21(17,18)19/h9-10H,1-3,6-8,11H2. The minimum absolute atomic E-state index is 0.241. The molecule has 9 heteroatoms. The first-order valence-electron chi connectivity index (χ1n) is 6.37. The lowest BCUT2D eigenvalue weighted by molar-refractivity contribution is -0.680. The fraction of sp³-hybridized carbons (Fsp3) is 0.583. The van der Waals surface area contributed by atoms with Gasteiger partial charge in [0.15, 0.2) is 0 Å². The van der Waals surface area contributed by atoms with Gasteiger partial charge in [0.1, 0.15) is 6.20 Å². The van der Waals surface area contributed by atoms with E-state index < -0.39 is 15.9 Å². The smallest absolute Gasteiger partial charge is 0.335 e. The van der Waals surface area contributed by atoms with Crippen molar-refractivity contribution >= 4 is 26.6 Å². The van der Waals surface area contributed by atoms with Gasteiger partial charge in [-0.25, -0.2) is 13.0 Å². The average molecular weight is 328 g/mol. The molecule has 1 aromatic rings. The van der Waals surface area contributed by atoms with E-state index in [0.717, 1.165) is 5.13 Å². The SMILES string of the molecule is N#CCCN(CCC#N)c1scc[n+]1CCCS(=O)(=O)[O-]. The summed E-state index contributed by atoms with van der Waals surface area (Å²) in [6.07, 6.45) is 2.74. The Morgan fingerprint density at radius 1 is 1.29 bits per heavy atom. The molecule has 0 unspecified atom stereocenters. The van der Waals surface area contributed by atoms with Crippen molar-refractivity contribution in [3.63, 3.8) is 0 Å². The first-order chi connectivity index (χ1) is 9.98. The van der Waals surface area contributed by atoms with Gasteiger partial charge in [0.05, 0.1) is 54.7 Å². The fourth-order valence-electron chi connectivity index (χ4n) is 1.81. The highest BCUT2D eigenvalue weighted by molar-refractivity contribution is 7.85. The summed E-state index contributed by atoms with van der Waals surface area (Å²) in [5, 5.41) is 20.1. The Bertz CT molecular complexity index is 610. The van der Waals surface area contributed by atoms with Crippen LogP contribution in [0.2, 0.25) is 0 Å². The Labute approximate surface area is 128 Å². The minimum atomic E-state index is -4.20. The van der Waals surface area contributed by atoms with Crippen LogP contribution < -0.4 is 9.47 Å². The van der Waals surface area contributed by atoms with E-state index in [0.29, 0.717) is 32.5 Å². The molecule has 0 spiro atoms. The number of aryl methyl sites for hydroxylation is 1. The van der Waals surface area contributed by atoms with Crippen molar-refractivity contribution < 1.29 is 17.5 Å². The summed E-state index contributed by atoms with van der Waals surface area (Å²) < 4.78 is 33.7. The maximum atomic E-state index is 10.6. The summed E-state index contributed by atoms with van der Waals surface area (Å²) >= 11 is 1.46. The molecule has 1 aromatic heterocycles. The first-order valence-corrected chi connectivity index (χ1v) is 8.83. The van der Waals surface area contributed by atoms with Crippen LogP contribution in [0.25, 0.3) is 0 Å². The number of rotatable bonds is 9. The fourth-order valence-corrected chi connectivity index (χ4v) is 3.24. The summed E-state index contributed by atoms with van der Waals surface area (Å²) in [4.78, 5) is 1.93. The van der Waals surface area contributed by atoms with E-state index in [1.165, 1.54) is 11.3 Å². The lowest BCUT2D eigenvalue weighted by atomic mass is 10.3. The van der Waals surface area contributed by atoms with Gasteiger partial charge in [-0.15, -0.1) is 0 Å². The number of aromatic nitrogens is 1. The van der Waals surface area contributed by atoms with Crippen LogP contribution in [0.15, 0.2) is 11.6 Å². The largest absolute Gasteiger partial charge is 0.748 e.